The van der Waals surface area contributed by atoms with Crippen molar-refractivity contribution in [3.8, 4) is 0 Å². The van der Waals surface area contributed by atoms with Gasteiger partial charge in [0.05, 0.1) is 17.1 Å². The van der Waals surface area contributed by atoms with Crippen LogP contribution in [-0.2, 0) is 14.4 Å². The quantitative estimate of drug-likeness (QED) is 0.169. The number of nitrogens with one attached hydrogen (secondary N) is 2. The van der Waals surface area contributed by atoms with Crippen LogP contribution in [0.25, 0.3) is 0 Å². The van der Waals surface area contributed by atoms with Crippen LogP contribution in [0.1, 0.15) is 31.2 Å². The largest absolute Gasteiger partial charge is 0.399 e. The number of halogens is 2. The van der Waals surface area contributed by atoms with Crippen molar-refractivity contribution in [1.29, 1.82) is 5.41 Å². The fraction of sp³-hybridized carbons (Fsp3) is 0.368. The Bertz CT molecular complexity index is 892. The summed E-state index contributed by atoms with van der Waals surface area (Å²) in [5.74, 6) is -4.21. The molecule has 11 heteroatoms. The Morgan fingerprint density at radius 1 is 1.33 bits per heavy atom. The Morgan fingerprint density at radius 2 is 1.97 bits per heavy atom. The van der Waals surface area contributed by atoms with Gasteiger partial charge in [0, 0.05) is 31.1 Å². The van der Waals surface area contributed by atoms with Crippen LogP contribution < -0.4 is 16.8 Å². The van der Waals surface area contributed by atoms with Crippen molar-refractivity contribution < 1.29 is 23.2 Å². The van der Waals surface area contributed by atoms with Gasteiger partial charge in [-0.3, -0.25) is 19.8 Å². The molecule has 0 heterocycles. The predicted octanol–water partition coefficient (Wildman–Crippen LogP) is 2.34. The van der Waals surface area contributed by atoms with Crippen LogP contribution in [0.4, 0.5) is 20.2 Å². The van der Waals surface area contributed by atoms with E-state index in [0.29, 0.717) is 28.6 Å². The first kappa shape index (κ1) is 23.3. The van der Waals surface area contributed by atoms with E-state index >= 15 is 0 Å². The van der Waals surface area contributed by atoms with Crippen molar-refractivity contribution in [3.63, 3.8) is 0 Å². The number of nitrogens with two attached hydrogens (primary N) is 2. The Hall–Kier alpha value is -2.95. The van der Waals surface area contributed by atoms with Crippen LogP contribution in [0.15, 0.2) is 28.7 Å². The third-order valence-corrected chi connectivity index (χ3v) is 5.40. The number of carbonyl (C=O) groups excluding carboxylic acids is 3. The van der Waals surface area contributed by atoms with E-state index in [1.165, 1.54) is 25.2 Å². The SMILES string of the molecule is CN(CC(=O)Nc1cc(N)ccc1C(=N)N)C(=O)C(SC=O)=C1CCC(F)(F)CC1. The van der Waals surface area contributed by atoms with Gasteiger partial charge in [0.1, 0.15) is 5.84 Å². The minimum absolute atomic E-state index is 0.0141. The number of carbonyl (C=O) groups is 3. The Kier molecular flexibility index (Phi) is 7.54. The lowest BCUT2D eigenvalue weighted by Crippen LogP contribution is -2.36. The highest BCUT2D eigenvalue weighted by Gasteiger charge is 2.35. The van der Waals surface area contributed by atoms with E-state index < -0.39 is 17.7 Å². The van der Waals surface area contributed by atoms with Crippen LogP contribution in [0.5, 0.6) is 0 Å². The van der Waals surface area contributed by atoms with Crippen LogP contribution in [0.3, 0.4) is 0 Å². The fourth-order valence-electron chi connectivity index (χ4n) is 3.03. The summed E-state index contributed by atoms with van der Waals surface area (Å²) in [5, 5.41) is 10.1. The van der Waals surface area contributed by atoms with Gasteiger partial charge in [-0.25, -0.2) is 8.78 Å². The van der Waals surface area contributed by atoms with Gasteiger partial charge in [0.2, 0.25) is 11.8 Å². The summed E-state index contributed by atoms with van der Waals surface area (Å²) in [7, 11) is 1.37. The number of anilines is 2. The normalized spacial score (nSPS) is 15.2. The fourth-order valence-corrected chi connectivity index (χ4v) is 3.75. The maximum Gasteiger partial charge on any atom is 0.260 e. The van der Waals surface area contributed by atoms with Gasteiger partial charge in [-0.2, -0.15) is 0 Å². The molecular formula is C19H23F2N5O3S. The molecule has 30 heavy (non-hydrogen) atoms. The molecular weight excluding hydrogens is 416 g/mol. The second-order valence-electron chi connectivity index (χ2n) is 6.93. The Balaban J connectivity index is 2.12. The number of likely N-dealkylation sites (N-methyl/N-ethyl adjacent to an activating group) is 1. The van der Waals surface area contributed by atoms with E-state index in [0.717, 1.165) is 4.90 Å². The Morgan fingerprint density at radius 3 is 2.53 bits per heavy atom. The molecule has 2 rings (SSSR count). The topological polar surface area (TPSA) is 142 Å². The second-order valence-corrected chi connectivity index (χ2v) is 7.77. The first-order valence-electron chi connectivity index (χ1n) is 9.03. The summed E-state index contributed by atoms with van der Waals surface area (Å²) in [5.41, 5.74) is 13.0. The number of rotatable bonds is 7. The zero-order chi connectivity index (χ0) is 22.5. The molecule has 0 radical (unpaired) electrons. The number of hydrogen-bond acceptors (Lipinski definition) is 6. The molecule has 2 amide bonds. The molecule has 0 spiro atoms. The van der Waals surface area contributed by atoms with Crippen molar-refractivity contribution >= 4 is 46.4 Å². The molecule has 162 valence electrons. The summed E-state index contributed by atoms with van der Waals surface area (Å²) in [6.45, 7) is -0.364. The van der Waals surface area contributed by atoms with Gasteiger partial charge in [-0.15, -0.1) is 0 Å². The van der Waals surface area contributed by atoms with E-state index in [2.05, 4.69) is 5.32 Å². The number of benzene rings is 1. The predicted molar refractivity (Wildman–Crippen MR) is 113 cm³/mol. The van der Waals surface area contributed by atoms with Crippen LogP contribution >= 0.6 is 11.8 Å². The molecule has 1 fully saturated rings. The van der Waals surface area contributed by atoms with Crippen LogP contribution in [0, 0.1) is 5.41 Å². The summed E-state index contributed by atoms with van der Waals surface area (Å²) in [6, 6.07) is 4.46. The van der Waals surface area contributed by atoms with Crippen LogP contribution in [0.2, 0.25) is 0 Å². The zero-order valence-electron chi connectivity index (χ0n) is 16.3. The molecule has 8 nitrogen and oxygen atoms in total. The molecule has 0 saturated heterocycles. The van der Waals surface area contributed by atoms with Crippen molar-refractivity contribution in [2.24, 2.45) is 5.73 Å². The highest BCUT2D eigenvalue weighted by atomic mass is 32.2. The highest BCUT2D eigenvalue weighted by Crippen LogP contribution is 2.39. The molecule has 6 N–H and O–H groups in total. The lowest BCUT2D eigenvalue weighted by molar-refractivity contribution is -0.129. The third kappa shape index (κ3) is 6.02. The lowest BCUT2D eigenvalue weighted by Gasteiger charge is -2.26. The molecule has 0 aliphatic heterocycles. The number of allylic oxidation sites excluding steroid dienone is 1. The third-order valence-electron chi connectivity index (χ3n) is 4.60. The summed E-state index contributed by atoms with van der Waals surface area (Å²) >= 11 is 0.629. The van der Waals surface area contributed by atoms with E-state index in [-0.39, 0.29) is 54.2 Å². The number of alkyl halides is 2. The summed E-state index contributed by atoms with van der Waals surface area (Å²) in [6.07, 6.45) is -0.738. The molecule has 0 atom stereocenters. The lowest BCUT2D eigenvalue weighted by atomic mass is 9.91. The maximum atomic E-state index is 13.4. The molecule has 1 aromatic carbocycles. The first-order valence-corrected chi connectivity index (χ1v) is 9.91. The number of thioether (sulfide) groups is 1. The van der Waals surface area contributed by atoms with E-state index in [4.69, 9.17) is 16.9 Å². The molecule has 0 unspecified atom stereocenters. The smallest absolute Gasteiger partial charge is 0.260 e. The minimum Gasteiger partial charge on any atom is -0.399 e. The van der Waals surface area contributed by atoms with E-state index in [1.54, 1.807) is 0 Å². The van der Waals surface area contributed by atoms with Gasteiger partial charge in [0.25, 0.3) is 5.91 Å². The highest BCUT2D eigenvalue weighted by molar-refractivity contribution is 8.16. The Labute approximate surface area is 176 Å². The average molecular weight is 439 g/mol. The van der Waals surface area contributed by atoms with Crippen molar-refractivity contribution in [2.45, 2.75) is 31.6 Å². The average Bonchev–Trinajstić information content (AvgIpc) is 2.65. The molecule has 0 aromatic heterocycles. The second kappa shape index (κ2) is 9.70. The molecule has 1 aromatic rings. The summed E-state index contributed by atoms with van der Waals surface area (Å²) in [4.78, 5) is 37.3. The maximum absolute atomic E-state index is 13.4. The number of hydrogen-bond donors (Lipinski definition) is 4. The number of nitrogen functional groups attached to an aromatic ring is 2. The van der Waals surface area contributed by atoms with Crippen LogP contribution in [-0.4, -0.2) is 47.7 Å². The van der Waals surface area contributed by atoms with Gasteiger partial charge < -0.3 is 21.7 Å². The minimum atomic E-state index is -2.78. The standard InChI is InChI=1S/C19H23F2N5O3S/c1-26(9-15(28)25-14-8-12(22)2-3-13(14)17(23)24)18(29)16(30-10-27)11-4-6-19(20,21)7-5-11/h2-3,8,10H,4-7,9,22H2,1H3,(H3,23,24)(H,25,28). The van der Waals surface area contributed by atoms with E-state index in [9.17, 15) is 23.2 Å². The van der Waals surface area contributed by atoms with Gasteiger partial charge in [-0.05, 0) is 42.8 Å². The van der Waals surface area contributed by atoms with Crippen molar-refractivity contribution in [3.05, 3.63) is 34.2 Å². The molecule has 1 saturated carbocycles. The van der Waals surface area contributed by atoms with Gasteiger partial charge in [-0.1, -0.05) is 5.57 Å². The zero-order valence-corrected chi connectivity index (χ0v) is 17.2. The number of amidine groups is 1. The van der Waals surface area contributed by atoms with Crippen molar-refractivity contribution in [1.82, 2.24) is 4.90 Å². The monoisotopic (exact) mass is 439 g/mol. The van der Waals surface area contributed by atoms with Crippen molar-refractivity contribution in [2.75, 3.05) is 24.6 Å². The number of nitrogens with zero attached hydrogens (tertiary/aromatic N) is 1. The molecule has 1 aliphatic rings. The number of amides is 2. The van der Waals surface area contributed by atoms with E-state index in [1.807, 2.05) is 0 Å². The molecule has 0 bridgehead atoms. The summed E-state index contributed by atoms with van der Waals surface area (Å²) < 4.78 is 26.8. The van der Waals surface area contributed by atoms with Gasteiger partial charge in [0.15, 0.2) is 5.62 Å². The van der Waals surface area contributed by atoms with Gasteiger partial charge >= 0.3 is 0 Å². The first-order chi connectivity index (χ1) is 14.0. The molecule has 1 aliphatic carbocycles.